The van der Waals surface area contributed by atoms with Crippen molar-refractivity contribution in [1.82, 2.24) is 20.0 Å². The van der Waals surface area contributed by atoms with Crippen molar-refractivity contribution in [3.05, 3.63) is 52.8 Å². The van der Waals surface area contributed by atoms with Gasteiger partial charge < -0.3 is 10.4 Å². The number of terminal acetylenes is 1. The summed E-state index contributed by atoms with van der Waals surface area (Å²) >= 11 is 0. The van der Waals surface area contributed by atoms with Gasteiger partial charge >= 0.3 is 0 Å². The van der Waals surface area contributed by atoms with Gasteiger partial charge in [0, 0.05) is 24.7 Å². The van der Waals surface area contributed by atoms with Crippen LogP contribution in [0.1, 0.15) is 57.5 Å². The summed E-state index contributed by atoms with van der Waals surface area (Å²) in [6.07, 6.45) is 9.59. The maximum Gasteiger partial charge on any atom is 0.263 e. The minimum atomic E-state index is -0.958. The number of rotatable bonds is 4. The van der Waals surface area contributed by atoms with E-state index in [-0.39, 0.29) is 24.0 Å². The lowest BCUT2D eigenvalue weighted by Crippen LogP contribution is -2.55. The third kappa shape index (κ3) is 3.94. The number of unbranched alkanes of at least 4 members (excludes halogenated alkanes) is 1. The van der Waals surface area contributed by atoms with E-state index in [9.17, 15) is 19.5 Å². The zero-order valence-corrected chi connectivity index (χ0v) is 16.7. The molecule has 8 nitrogen and oxygen atoms in total. The molecule has 2 aliphatic heterocycles. The second-order valence-electron chi connectivity index (χ2n) is 7.37. The quantitative estimate of drug-likeness (QED) is 0.438. The predicted octanol–water partition coefficient (Wildman–Crippen LogP) is 0.889. The van der Waals surface area contributed by atoms with E-state index in [0.717, 1.165) is 16.9 Å². The topological polar surface area (TPSA) is 105 Å². The van der Waals surface area contributed by atoms with Gasteiger partial charge in [-0.05, 0) is 31.4 Å². The molecule has 1 aromatic carbocycles. The van der Waals surface area contributed by atoms with Crippen LogP contribution in [0.2, 0.25) is 0 Å². The number of hydrogen-bond donors (Lipinski definition) is 2. The summed E-state index contributed by atoms with van der Waals surface area (Å²) < 4.78 is 1.75. The number of benzene rings is 1. The van der Waals surface area contributed by atoms with E-state index >= 15 is 0 Å². The van der Waals surface area contributed by atoms with Crippen LogP contribution >= 0.6 is 0 Å². The number of piperidine rings is 1. The zero-order valence-electron chi connectivity index (χ0n) is 16.7. The zero-order chi connectivity index (χ0) is 22.0. The average Bonchev–Trinajstić information content (AvgIpc) is 3.32. The van der Waals surface area contributed by atoms with Gasteiger partial charge in [0.05, 0.1) is 22.9 Å². The Morgan fingerprint density at radius 3 is 2.81 bits per heavy atom. The van der Waals surface area contributed by atoms with Gasteiger partial charge in [-0.1, -0.05) is 23.8 Å². The van der Waals surface area contributed by atoms with Crippen molar-refractivity contribution in [2.45, 2.75) is 44.5 Å². The molecule has 0 aliphatic carbocycles. The third-order valence-electron chi connectivity index (χ3n) is 5.30. The van der Waals surface area contributed by atoms with Gasteiger partial charge in [0.25, 0.3) is 11.8 Å². The summed E-state index contributed by atoms with van der Waals surface area (Å²) in [5, 5.41) is 16.1. The molecule has 1 fully saturated rings. The second kappa shape index (κ2) is 8.47. The fourth-order valence-electron chi connectivity index (χ4n) is 3.76. The van der Waals surface area contributed by atoms with Gasteiger partial charge in [-0.3, -0.25) is 24.0 Å². The molecule has 2 aromatic rings. The monoisotopic (exact) mass is 416 g/mol. The highest BCUT2D eigenvalue weighted by molar-refractivity contribution is 6.23. The van der Waals surface area contributed by atoms with E-state index in [1.807, 2.05) is 0 Å². The minimum Gasteiger partial charge on any atom is -0.374 e. The molecule has 4 rings (SSSR count). The molecule has 3 heterocycles. The number of nitrogens with zero attached hydrogens (tertiary/aromatic N) is 3. The molecule has 3 amide bonds. The van der Waals surface area contributed by atoms with Gasteiger partial charge in [0.1, 0.15) is 12.3 Å². The molecule has 31 heavy (non-hydrogen) atoms. The molecule has 0 saturated carbocycles. The largest absolute Gasteiger partial charge is 0.374 e. The smallest absolute Gasteiger partial charge is 0.263 e. The molecule has 1 aromatic heterocycles. The molecule has 1 saturated heterocycles. The maximum absolute atomic E-state index is 13.0. The van der Waals surface area contributed by atoms with E-state index in [2.05, 4.69) is 28.2 Å². The number of imide groups is 1. The van der Waals surface area contributed by atoms with Crippen LogP contribution in [-0.4, -0.2) is 49.8 Å². The molecule has 2 atom stereocenters. The van der Waals surface area contributed by atoms with Crippen LogP contribution in [0.5, 0.6) is 0 Å². The Bertz CT molecular complexity index is 1160. The van der Waals surface area contributed by atoms with Gasteiger partial charge in [-0.15, -0.1) is 6.42 Å². The van der Waals surface area contributed by atoms with Crippen molar-refractivity contribution in [2.75, 3.05) is 0 Å². The number of amides is 3. The molecule has 0 spiro atoms. The fraction of sp³-hybridized carbons (Fsp3) is 0.304. The molecule has 0 bridgehead atoms. The molecule has 156 valence electrons. The highest BCUT2D eigenvalue weighted by Gasteiger charge is 2.45. The van der Waals surface area contributed by atoms with Crippen molar-refractivity contribution < 1.29 is 19.5 Å². The van der Waals surface area contributed by atoms with Gasteiger partial charge in [-0.25, -0.2) is 0 Å². The van der Waals surface area contributed by atoms with E-state index < -0.39 is 30.0 Å². The van der Waals surface area contributed by atoms with Crippen LogP contribution < -0.4 is 5.32 Å². The van der Waals surface area contributed by atoms with Crippen LogP contribution in [0.4, 0.5) is 0 Å². The van der Waals surface area contributed by atoms with Crippen molar-refractivity contribution in [3.63, 3.8) is 0 Å². The minimum absolute atomic E-state index is 0.217. The number of hydrogen-bond acceptors (Lipinski definition) is 5. The Hall–Kier alpha value is -3.88. The first-order valence-corrected chi connectivity index (χ1v) is 9.97. The summed E-state index contributed by atoms with van der Waals surface area (Å²) in [6, 6.07) is 4.00. The summed E-state index contributed by atoms with van der Waals surface area (Å²) in [7, 11) is 0. The molecular formula is C23H20N4O4. The number of carbonyl (C=O) groups excluding carboxylic acids is 3. The molecule has 8 heteroatoms. The third-order valence-corrected chi connectivity index (χ3v) is 5.30. The predicted molar refractivity (Wildman–Crippen MR) is 110 cm³/mol. The average molecular weight is 416 g/mol. The summed E-state index contributed by atoms with van der Waals surface area (Å²) in [4.78, 5) is 39.1. The van der Waals surface area contributed by atoms with Crippen molar-refractivity contribution in [2.24, 2.45) is 0 Å². The van der Waals surface area contributed by atoms with Crippen LogP contribution in [-0.2, 0) is 11.3 Å². The maximum atomic E-state index is 13.0. The molecule has 2 aliphatic rings. The number of carbonyl (C=O) groups is 3. The fourth-order valence-corrected chi connectivity index (χ4v) is 3.76. The van der Waals surface area contributed by atoms with Crippen LogP contribution in [0.25, 0.3) is 0 Å². The van der Waals surface area contributed by atoms with Gasteiger partial charge in [0.15, 0.2) is 0 Å². The Labute approximate surface area is 179 Å². The molecule has 2 N–H and O–H groups in total. The highest BCUT2D eigenvalue weighted by Crippen LogP contribution is 2.29. The first-order chi connectivity index (χ1) is 15.0. The Kier molecular flexibility index (Phi) is 5.57. The SMILES string of the molecule is C#Cc1cnn(CCCC#Cc2cccc3c2C(=O)N(C2CCC(O)NC2=O)C3=O)c1. The number of aliphatic hydroxyl groups is 1. The van der Waals surface area contributed by atoms with E-state index in [1.165, 1.54) is 0 Å². The van der Waals surface area contributed by atoms with Crippen molar-refractivity contribution in [3.8, 4) is 24.2 Å². The molecular weight excluding hydrogens is 396 g/mol. The number of fused-ring (bicyclic) bond motifs is 1. The van der Waals surface area contributed by atoms with Gasteiger partial charge in [-0.2, -0.15) is 5.10 Å². The molecule has 2 unspecified atom stereocenters. The molecule has 0 radical (unpaired) electrons. The lowest BCUT2D eigenvalue weighted by Gasteiger charge is -2.31. The Morgan fingerprint density at radius 1 is 1.23 bits per heavy atom. The number of aryl methyl sites for hydroxylation is 1. The normalized spacial score (nSPS) is 20.0. The second-order valence-corrected chi connectivity index (χ2v) is 7.37. The van der Waals surface area contributed by atoms with Gasteiger partial charge in [0.2, 0.25) is 5.91 Å². The van der Waals surface area contributed by atoms with Crippen molar-refractivity contribution in [1.29, 1.82) is 0 Å². The number of aliphatic hydroxyl groups excluding tert-OH is 1. The van der Waals surface area contributed by atoms with E-state index in [4.69, 9.17) is 6.42 Å². The van der Waals surface area contributed by atoms with Crippen LogP contribution in [0.15, 0.2) is 30.6 Å². The Morgan fingerprint density at radius 2 is 2.06 bits per heavy atom. The first-order valence-electron chi connectivity index (χ1n) is 9.97. The van der Waals surface area contributed by atoms with E-state index in [0.29, 0.717) is 18.5 Å². The number of aromatic nitrogens is 2. The van der Waals surface area contributed by atoms with Crippen LogP contribution in [0, 0.1) is 24.2 Å². The first kappa shape index (κ1) is 20.4. The Balaban J connectivity index is 1.47. The van der Waals surface area contributed by atoms with Crippen molar-refractivity contribution >= 4 is 17.7 Å². The standard InChI is InChI=1S/C23H20N4O4/c1-2-15-13-24-26(14-15)12-5-3-4-7-16-8-6-9-17-20(16)23(31)27(22(17)30)18-10-11-19(28)25-21(18)29/h1,6,8-9,13-14,18-19,28H,3,5,10-12H2,(H,25,29). The van der Waals surface area contributed by atoms with Crippen LogP contribution in [0.3, 0.4) is 0 Å². The number of nitrogens with one attached hydrogen (secondary N) is 1. The van der Waals surface area contributed by atoms with E-state index in [1.54, 1.807) is 35.3 Å². The summed E-state index contributed by atoms with van der Waals surface area (Å²) in [6.45, 7) is 0.664. The summed E-state index contributed by atoms with van der Waals surface area (Å²) in [5.41, 5.74) is 1.65. The highest BCUT2D eigenvalue weighted by atomic mass is 16.3. The lowest BCUT2D eigenvalue weighted by atomic mass is 10.0. The lowest BCUT2D eigenvalue weighted by molar-refractivity contribution is -0.131. The summed E-state index contributed by atoms with van der Waals surface area (Å²) in [5.74, 6) is 6.98.